The third kappa shape index (κ3) is 5.27. The van der Waals surface area contributed by atoms with Crippen molar-refractivity contribution in [2.45, 2.75) is 12.7 Å². The van der Waals surface area contributed by atoms with Crippen LogP contribution < -0.4 is 10.1 Å². The molecule has 4 heteroatoms. The number of nitrogens with one attached hydrogen (secondary N) is 1. The van der Waals surface area contributed by atoms with Gasteiger partial charge >= 0.3 is 0 Å². The second-order valence-electron chi connectivity index (χ2n) is 6.13. The number of carbonyl (C=O) groups is 1. The highest BCUT2D eigenvalue weighted by Crippen LogP contribution is 2.20. The van der Waals surface area contributed by atoms with Gasteiger partial charge in [-0.25, -0.2) is 0 Å². The van der Waals surface area contributed by atoms with E-state index in [4.69, 9.17) is 4.74 Å². The van der Waals surface area contributed by atoms with Crippen LogP contribution in [0.25, 0.3) is 10.8 Å². The largest absolute Gasteiger partial charge is 0.492 e. The predicted octanol–water partition coefficient (Wildman–Crippen LogP) is 4.58. The molecule has 0 radical (unpaired) electrons. The minimum absolute atomic E-state index is 0.0469. The molecule has 0 saturated carbocycles. The summed E-state index contributed by atoms with van der Waals surface area (Å²) >= 11 is 1.63. The molecule has 3 aromatic carbocycles. The van der Waals surface area contributed by atoms with E-state index in [-0.39, 0.29) is 5.91 Å². The Balaban J connectivity index is 1.35. The number of hydrogen-bond acceptors (Lipinski definition) is 3. The zero-order valence-electron chi connectivity index (χ0n) is 14.9. The van der Waals surface area contributed by atoms with Crippen LogP contribution in [0, 0.1) is 6.92 Å². The topological polar surface area (TPSA) is 38.3 Å². The summed E-state index contributed by atoms with van der Waals surface area (Å²) in [6, 6.07) is 22.5. The quantitative estimate of drug-likeness (QED) is 0.594. The molecule has 3 rings (SSSR count). The van der Waals surface area contributed by atoms with Gasteiger partial charge in [0.15, 0.2) is 0 Å². The third-order valence-corrected chi connectivity index (χ3v) is 5.15. The van der Waals surface area contributed by atoms with Crippen LogP contribution in [0.1, 0.15) is 11.1 Å². The zero-order chi connectivity index (χ0) is 18.2. The average Bonchev–Trinajstić information content (AvgIpc) is 2.67. The van der Waals surface area contributed by atoms with Crippen LogP contribution in [0.5, 0.6) is 5.75 Å². The van der Waals surface area contributed by atoms with Crippen molar-refractivity contribution in [3.63, 3.8) is 0 Å². The van der Waals surface area contributed by atoms with Crippen molar-refractivity contribution in [1.82, 2.24) is 5.32 Å². The molecular formula is C22H23NO2S. The van der Waals surface area contributed by atoms with Gasteiger partial charge in [-0.15, -0.1) is 11.8 Å². The number of benzene rings is 3. The molecule has 0 aromatic heterocycles. The molecule has 134 valence electrons. The van der Waals surface area contributed by atoms with Gasteiger partial charge < -0.3 is 10.1 Å². The van der Waals surface area contributed by atoms with Crippen LogP contribution in [-0.2, 0) is 10.5 Å². The Morgan fingerprint density at radius 1 is 1.00 bits per heavy atom. The van der Waals surface area contributed by atoms with Crippen molar-refractivity contribution < 1.29 is 9.53 Å². The highest BCUT2D eigenvalue weighted by atomic mass is 32.2. The number of fused-ring (bicyclic) bond motifs is 1. The third-order valence-electron chi connectivity index (χ3n) is 4.17. The molecule has 0 atom stereocenters. The van der Waals surface area contributed by atoms with Crippen LogP contribution in [0.2, 0.25) is 0 Å². The Labute approximate surface area is 158 Å². The average molecular weight is 365 g/mol. The van der Waals surface area contributed by atoms with Gasteiger partial charge in [0, 0.05) is 5.75 Å². The monoisotopic (exact) mass is 365 g/mol. The van der Waals surface area contributed by atoms with Gasteiger partial charge in [-0.2, -0.15) is 0 Å². The van der Waals surface area contributed by atoms with Crippen LogP contribution in [0.3, 0.4) is 0 Å². The molecule has 26 heavy (non-hydrogen) atoms. The first-order valence-corrected chi connectivity index (χ1v) is 9.88. The van der Waals surface area contributed by atoms with E-state index in [1.807, 2.05) is 42.5 Å². The predicted molar refractivity (Wildman–Crippen MR) is 110 cm³/mol. The zero-order valence-corrected chi connectivity index (χ0v) is 15.7. The molecule has 0 aliphatic rings. The Bertz CT molecular complexity index is 879. The fraction of sp³-hybridized carbons (Fsp3) is 0.227. The van der Waals surface area contributed by atoms with Gasteiger partial charge in [-0.3, -0.25) is 4.79 Å². The highest BCUT2D eigenvalue weighted by Gasteiger charge is 2.03. The number of hydrogen-bond donors (Lipinski definition) is 1. The number of rotatable bonds is 8. The van der Waals surface area contributed by atoms with E-state index < -0.39 is 0 Å². The summed E-state index contributed by atoms with van der Waals surface area (Å²) < 4.78 is 5.73. The van der Waals surface area contributed by atoms with Crippen LogP contribution in [0.4, 0.5) is 0 Å². The summed E-state index contributed by atoms with van der Waals surface area (Å²) in [7, 11) is 0. The van der Waals surface area contributed by atoms with E-state index in [1.54, 1.807) is 11.8 Å². The molecule has 0 aliphatic carbocycles. The number of carbonyl (C=O) groups excluding carboxylic acids is 1. The Kier molecular flexibility index (Phi) is 6.56. The Morgan fingerprint density at radius 2 is 1.77 bits per heavy atom. The lowest BCUT2D eigenvalue weighted by molar-refractivity contribution is -0.118. The maximum atomic E-state index is 11.9. The molecule has 1 amide bonds. The fourth-order valence-corrected chi connectivity index (χ4v) is 3.63. The van der Waals surface area contributed by atoms with Gasteiger partial charge in [-0.05, 0) is 41.0 Å². The number of amides is 1. The van der Waals surface area contributed by atoms with Gasteiger partial charge in [0.2, 0.25) is 5.91 Å². The minimum Gasteiger partial charge on any atom is -0.492 e. The first kappa shape index (κ1) is 18.3. The molecule has 0 saturated heterocycles. The first-order valence-electron chi connectivity index (χ1n) is 8.73. The summed E-state index contributed by atoms with van der Waals surface area (Å²) in [6.45, 7) is 3.07. The maximum Gasteiger partial charge on any atom is 0.230 e. The molecular weight excluding hydrogens is 342 g/mol. The van der Waals surface area contributed by atoms with E-state index in [0.29, 0.717) is 18.9 Å². The highest BCUT2D eigenvalue weighted by molar-refractivity contribution is 7.99. The summed E-state index contributed by atoms with van der Waals surface area (Å²) in [6.07, 6.45) is 0. The molecule has 0 unspecified atom stereocenters. The normalized spacial score (nSPS) is 10.7. The van der Waals surface area contributed by atoms with Crippen LogP contribution in [-0.4, -0.2) is 24.8 Å². The van der Waals surface area contributed by atoms with Crippen molar-refractivity contribution in [3.8, 4) is 5.75 Å². The summed E-state index contributed by atoms with van der Waals surface area (Å²) in [4.78, 5) is 11.9. The second-order valence-corrected chi connectivity index (χ2v) is 7.11. The lowest BCUT2D eigenvalue weighted by Crippen LogP contribution is -2.29. The lowest BCUT2D eigenvalue weighted by Gasteiger charge is -2.09. The number of aryl methyl sites for hydroxylation is 1. The molecule has 0 heterocycles. The van der Waals surface area contributed by atoms with E-state index in [0.717, 1.165) is 16.9 Å². The Morgan fingerprint density at radius 3 is 2.62 bits per heavy atom. The van der Waals surface area contributed by atoms with E-state index >= 15 is 0 Å². The van der Waals surface area contributed by atoms with E-state index in [2.05, 4.69) is 36.5 Å². The molecule has 3 aromatic rings. The summed E-state index contributed by atoms with van der Waals surface area (Å²) in [5.41, 5.74) is 2.55. The maximum absolute atomic E-state index is 11.9. The van der Waals surface area contributed by atoms with E-state index in [1.165, 1.54) is 16.5 Å². The van der Waals surface area contributed by atoms with Crippen molar-refractivity contribution in [1.29, 1.82) is 0 Å². The van der Waals surface area contributed by atoms with Crippen molar-refractivity contribution in [2.75, 3.05) is 18.9 Å². The van der Waals surface area contributed by atoms with Crippen LogP contribution >= 0.6 is 11.8 Å². The smallest absolute Gasteiger partial charge is 0.230 e. The summed E-state index contributed by atoms with van der Waals surface area (Å²) in [5.74, 6) is 2.19. The molecule has 0 spiro atoms. The number of ether oxygens (including phenoxy) is 1. The van der Waals surface area contributed by atoms with Crippen molar-refractivity contribution in [3.05, 3.63) is 77.9 Å². The molecule has 0 fully saturated rings. The fourth-order valence-electron chi connectivity index (χ4n) is 2.69. The Hall–Kier alpha value is -2.46. The van der Waals surface area contributed by atoms with E-state index in [9.17, 15) is 4.79 Å². The van der Waals surface area contributed by atoms with Gasteiger partial charge in [-0.1, -0.05) is 54.6 Å². The standard InChI is InChI=1S/C22H23NO2S/c1-17-6-2-3-9-20(17)15-26-16-22(24)23-12-13-25-21-11-10-18-7-4-5-8-19(18)14-21/h2-11,14H,12-13,15-16H2,1H3,(H,23,24). The van der Waals surface area contributed by atoms with Crippen molar-refractivity contribution in [2.24, 2.45) is 0 Å². The molecule has 0 bridgehead atoms. The minimum atomic E-state index is 0.0469. The lowest BCUT2D eigenvalue weighted by atomic mass is 10.1. The van der Waals surface area contributed by atoms with Gasteiger partial charge in [0.1, 0.15) is 12.4 Å². The molecule has 1 N–H and O–H groups in total. The molecule has 0 aliphatic heterocycles. The molecule has 3 nitrogen and oxygen atoms in total. The second kappa shape index (κ2) is 9.30. The van der Waals surface area contributed by atoms with Crippen molar-refractivity contribution >= 4 is 28.4 Å². The van der Waals surface area contributed by atoms with Gasteiger partial charge in [0.25, 0.3) is 0 Å². The number of thioether (sulfide) groups is 1. The van der Waals surface area contributed by atoms with Gasteiger partial charge in [0.05, 0.1) is 12.3 Å². The first-order chi connectivity index (χ1) is 12.7. The SMILES string of the molecule is Cc1ccccc1CSCC(=O)NCCOc1ccc2ccccc2c1. The van der Waals surface area contributed by atoms with Crippen LogP contribution in [0.15, 0.2) is 66.7 Å². The summed E-state index contributed by atoms with van der Waals surface area (Å²) in [5, 5.41) is 5.25.